The molecule has 1 aromatic heterocycles. The third-order valence-electron chi connectivity index (χ3n) is 2.80. The van der Waals surface area contributed by atoms with Gasteiger partial charge in [0.05, 0.1) is 11.7 Å². The van der Waals surface area contributed by atoms with Gasteiger partial charge in [-0.15, -0.1) is 11.8 Å². The van der Waals surface area contributed by atoms with Crippen LogP contribution in [0.2, 0.25) is 5.02 Å². The van der Waals surface area contributed by atoms with E-state index < -0.39 is 0 Å². The van der Waals surface area contributed by atoms with Crippen LogP contribution in [0.1, 0.15) is 17.6 Å². The topological polar surface area (TPSA) is 51.0 Å². The van der Waals surface area contributed by atoms with Gasteiger partial charge in [-0.2, -0.15) is 4.98 Å². The van der Waals surface area contributed by atoms with Crippen molar-refractivity contribution in [2.45, 2.75) is 16.6 Å². The highest BCUT2D eigenvalue weighted by atomic mass is 35.5. The Morgan fingerprint density at radius 2 is 2.11 bits per heavy atom. The van der Waals surface area contributed by atoms with Gasteiger partial charge in [-0.05, 0) is 24.3 Å². The van der Waals surface area contributed by atoms with Crippen molar-refractivity contribution in [3.63, 3.8) is 0 Å². The van der Waals surface area contributed by atoms with Crippen molar-refractivity contribution in [2.75, 3.05) is 13.1 Å². The summed E-state index contributed by atoms with van der Waals surface area (Å²) in [6, 6.07) is 7.74. The van der Waals surface area contributed by atoms with Crippen LogP contribution in [0.4, 0.5) is 0 Å². The minimum absolute atomic E-state index is 0.395. The number of hydrogen-bond acceptors (Lipinski definition) is 5. The number of nitrogens with zero attached hydrogens (tertiary/aromatic N) is 2. The van der Waals surface area contributed by atoms with Crippen LogP contribution in [0.25, 0.3) is 0 Å². The van der Waals surface area contributed by atoms with Crippen LogP contribution in [0.5, 0.6) is 0 Å². The van der Waals surface area contributed by atoms with Crippen molar-refractivity contribution < 1.29 is 4.52 Å². The van der Waals surface area contributed by atoms with Gasteiger partial charge < -0.3 is 9.84 Å². The third-order valence-corrected chi connectivity index (χ3v) is 4.06. The Hall–Kier alpha value is -1.04. The number of benzene rings is 1. The van der Waals surface area contributed by atoms with E-state index in [1.54, 1.807) is 11.8 Å². The second-order valence-corrected chi connectivity index (χ2v) is 5.63. The summed E-state index contributed by atoms with van der Waals surface area (Å²) in [7, 11) is 0. The number of hydrogen-bond donors (Lipinski definition) is 1. The number of aromatic nitrogens is 2. The van der Waals surface area contributed by atoms with E-state index in [4.69, 9.17) is 16.1 Å². The quantitative estimate of drug-likeness (QED) is 0.873. The maximum Gasteiger partial charge on any atom is 0.232 e. The smallest absolute Gasteiger partial charge is 0.232 e. The minimum Gasteiger partial charge on any atom is -0.339 e. The molecule has 0 radical (unpaired) electrons. The molecule has 0 bridgehead atoms. The molecule has 0 spiro atoms. The molecule has 2 heterocycles. The summed E-state index contributed by atoms with van der Waals surface area (Å²) in [6.45, 7) is 1.87. The molecule has 0 atom stereocenters. The standard InChI is InChI=1S/C12H12ClN3OS/c13-9-1-3-10(4-2-9)18-7-11-15-12(17-16-11)8-5-14-6-8/h1-4,8,14H,5-7H2. The normalized spacial score (nSPS) is 15.6. The maximum absolute atomic E-state index is 5.83. The first-order valence-electron chi connectivity index (χ1n) is 5.73. The molecule has 1 N–H and O–H groups in total. The van der Waals surface area contributed by atoms with Crippen LogP contribution in [-0.4, -0.2) is 23.2 Å². The molecule has 1 fully saturated rings. The zero-order valence-corrected chi connectivity index (χ0v) is 11.2. The number of thioether (sulfide) groups is 1. The van der Waals surface area contributed by atoms with Gasteiger partial charge >= 0.3 is 0 Å². The molecule has 0 aliphatic carbocycles. The Labute approximate surface area is 114 Å². The zero-order chi connectivity index (χ0) is 12.4. The molecule has 94 valence electrons. The predicted octanol–water partition coefficient (Wildman–Crippen LogP) is 2.70. The molecule has 0 saturated carbocycles. The van der Waals surface area contributed by atoms with E-state index in [9.17, 15) is 0 Å². The Kier molecular flexibility index (Phi) is 3.54. The van der Waals surface area contributed by atoms with E-state index in [-0.39, 0.29) is 0 Å². The SMILES string of the molecule is Clc1ccc(SCc2noc(C3CNC3)n2)cc1. The van der Waals surface area contributed by atoms with Gasteiger partial charge in [-0.25, -0.2) is 0 Å². The van der Waals surface area contributed by atoms with Crippen molar-refractivity contribution in [3.05, 3.63) is 41.0 Å². The van der Waals surface area contributed by atoms with Crippen molar-refractivity contribution in [1.29, 1.82) is 0 Å². The van der Waals surface area contributed by atoms with Crippen LogP contribution in [-0.2, 0) is 5.75 Å². The van der Waals surface area contributed by atoms with Gasteiger partial charge in [0.1, 0.15) is 0 Å². The highest BCUT2D eigenvalue weighted by molar-refractivity contribution is 7.98. The first-order valence-corrected chi connectivity index (χ1v) is 7.09. The average molecular weight is 282 g/mol. The number of halogens is 1. The molecule has 3 rings (SSSR count). The highest BCUT2D eigenvalue weighted by Gasteiger charge is 2.24. The van der Waals surface area contributed by atoms with Crippen molar-refractivity contribution in [2.24, 2.45) is 0 Å². The maximum atomic E-state index is 5.83. The summed E-state index contributed by atoms with van der Waals surface area (Å²) in [4.78, 5) is 5.55. The Morgan fingerprint density at radius 1 is 1.33 bits per heavy atom. The molecular weight excluding hydrogens is 270 g/mol. The van der Waals surface area contributed by atoms with Crippen LogP contribution in [0, 0.1) is 0 Å². The van der Waals surface area contributed by atoms with E-state index in [1.165, 1.54) is 0 Å². The van der Waals surface area contributed by atoms with Gasteiger partial charge in [0.15, 0.2) is 5.82 Å². The highest BCUT2D eigenvalue weighted by Crippen LogP contribution is 2.24. The van der Waals surface area contributed by atoms with Crippen LogP contribution in [0.3, 0.4) is 0 Å². The molecule has 4 nitrogen and oxygen atoms in total. The van der Waals surface area contributed by atoms with Gasteiger partial charge in [0, 0.05) is 23.0 Å². The van der Waals surface area contributed by atoms with Crippen LogP contribution < -0.4 is 5.32 Å². The Balaban J connectivity index is 1.59. The Morgan fingerprint density at radius 3 is 2.78 bits per heavy atom. The van der Waals surface area contributed by atoms with Gasteiger partial charge in [-0.3, -0.25) is 0 Å². The van der Waals surface area contributed by atoms with Gasteiger partial charge in [-0.1, -0.05) is 16.8 Å². The lowest BCUT2D eigenvalue weighted by molar-refractivity contribution is 0.306. The summed E-state index contributed by atoms with van der Waals surface area (Å²) in [5.41, 5.74) is 0. The zero-order valence-electron chi connectivity index (χ0n) is 9.60. The molecule has 1 aromatic carbocycles. The fraction of sp³-hybridized carbons (Fsp3) is 0.333. The monoisotopic (exact) mass is 281 g/mol. The summed E-state index contributed by atoms with van der Waals surface area (Å²) in [6.07, 6.45) is 0. The molecule has 18 heavy (non-hydrogen) atoms. The van der Waals surface area contributed by atoms with E-state index in [0.29, 0.717) is 11.7 Å². The fourth-order valence-corrected chi connectivity index (χ4v) is 2.50. The Bertz CT molecular complexity index is 524. The van der Waals surface area contributed by atoms with E-state index in [2.05, 4.69) is 15.5 Å². The summed E-state index contributed by atoms with van der Waals surface area (Å²) in [5.74, 6) is 2.61. The first-order chi connectivity index (χ1) is 8.81. The van der Waals surface area contributed by atoms with Crippen molar-refractivity contribution in [1.82, 2.24) is 15.5 Å². The first kappa shape index (κ1) is 12.0. The molecule has 1 aliphatic rings. The lowest BCUT2D eigenvalue weighted by Gasteiger charge is -2.22. The molecule has 1 aliphatic heterocycles. The molecule has 0 amide bonds. The van der Waals surface area contributed by atoms with Crippen LogP contribution in [0.15, 0.2) is 33.7 Å². The fourth-order valence-electron chi connectivity index (χ4n) is 1.63. The molecular formula is C12H12ClN3OS. The van der Waals surface area contributed by atoms with Crippen molar-refractivity contribution >= 4 is 23.4 Å². The second-order valence-electron chi connectivity index (χ2n) is 4.15. The third kappa shape index (κ3) is 2.68. The van der Waals surface area contributed by atoms with E-state index in [1.807, 2.05) is 24.3 Å². The van der Waals surface area contributed by atoms with Crippen LogP contribution >= 0.6 is 23.4 Å². The summed E-state index contributed by atoms with van der Waals surface area (Å²) in [5, 5.41) is 7.93. The minimum atomic E-state index is 0.395. The molecule has 0 unspecified atom stereocenters. The van der Waals surface area contributed by atoms with Crippen molar-refractivity contribution in [3.8, 4) is 0 Å². The summed E-state index contributed by atoms with van der Waals surface area (Å²) >= 11 is 7.51. The summed E-state index contributed by atoms with van der Waals surface area (Å²) < 4.78 is 5.24. The molecule has 6 heteroatoms. The second kappa shape index (κ2) is 5.30. The molecule has 1 saturated heterocycles. The average Bonchev–Trinajstić information content (AvgIpc) is 2.75. The number of rotatable bonds is 4. The van der Waals surface area contributed by atoms with E-state index >= 15 is 0 Å². The number of nitrogens with one attached hydrogen (secondary N) is 1. The van der Waals surface area contributed by atoms with Gasteiger partial charge in [0.2, 0.25) is 5.89 Å². The molecule has 2 aromatic rings. The van der Waals surface area contributed by atoms with Gasteiger partial charge in [0.25, 0.3) is 0 Å². The predicted molar refractivity (Wildman–Crippen MR) is 70.9 cm³/mol. The largest absolute Gasteiger partial charge is 0.339 e. The van der Waals surface area contributed by atoms with E-state index in [0.717, 1.165) is 34.7 Å². The lowest BCUT2D eigenvalue weighted by atomic mass is 10.0. The lowest BCUT2D eigenvalue weighted by Crippen LogP contribution is -2.40.